The number of amides is 1. The van der Waals surface area contributed by atoms with Gasteiger partial charge in [0.25, 0.3) is 5.91 Å². The lowest BCUT2D eigenvalue weighted by atomic mass is 10.2. The number of furan rings is 1. The van der Waals surface area contributed by atoms with Crippen molar-refractivity contribution in [1.82, 2.24) is 4.90 Å². The molecule has 0 radical (unpaired) electrons. The second-order valence-electron chi connectivity index (χ2n) is 5.29. The number of piperazine rings is 1. The predicted molar refractivity (Wildman–Crippen MR) is 75.4 cm³/mol. The van der Waals surface area contributed by atoms with Gasteiger partial charge < -0.3 is 14.2 Å². The molecule has 1 amide bonds. The van der Waals surface area contributed by atoms with Crippen LogP contribution in [0.3, 0.4) is 0 Å². The van der Waals surface area contributed by atoms with Gasteiger partial charge in [0.15, 0.2) is 5.76 Å². The molecule has 0 bridgehead atoms. The molecule has 1 aliphatic rings. The molecule has 4 nitrogen and oxygen atoms in total. The maximum atomic E-state index is 13.6. The Bertz CT molecular complexity index is 604. The Hall–Kier alpha value is -2.14. The molecule has 1 aromatic heterocycles. The molecule has 1 aromatic carbocycles. The average Bonchev–Trinajstić information content (AvgIpc) is 3.04. The third-order valence-electron chi connectivity index (χ3n) is 3.89. The molecular formula is C16H18FN2O2+. The van der Waals surface area contributed by atoms with Crippen LogP contribution in [0.5, 0.6) is 0 Å². The van der Waals surface area contributed by atoms with E-state index in [1.54, 1.807) is 23.1 Å². The Morgan fingerprint density at radius 1 is 1.19 bits per heavy atom. The van der Waals surface area contributed by atoms with Crippen molar-refractivity contribution in [2.45, 2.75) is 6.54 Å². The Morgan fingerprint density at radius 2 is 1.95 bits per heavy atom. The fourth-order valence-corrected chi connectivity index (χ4v) is 2.67. The molecule has 1 N–H and O–H groups in total. The van der Waals surface area contributed by atoms with Gasteiger partial charge in [0, 0.05) is 5.56 Å². The minimum atomic E-state index is -0.154. The van der Waals surface area contributed by atoms with E-state index in [0.717, 1.165) is 18.7 Å². The second-order valence-corrected chi connectivity index (χ2v) is 5.29. The standard InChI is InChI=1S/C16H17FN2O2/c17-14-5-2-1-4-13(14)12-18-7-9-19(10-8-18)16(20)15-6-3-11-21-15/h1-6,11H,7-10,12H2/p+1. The van der Waals surface area contributed by atoms with Crippen LogP contribution in [0.2, 0.25) is 0 Å². The molecule has 2 aromatic rings. The number of hydrogen-bond donors (Lipinski definition) is 1. The highest BCUT2D eigenvalue weighted by Crippen LogP contribution is 2.07. The number of carbonyl (C=O) groups is 1. The fraction of sp³-hybridized carbons (Fsp3) is 0.312. The molecule has 0 aliphatic carbocycles. The number of quaternary nitrogens is 1. The Labute approximate surface area is 122 Å². The van der Waals surface area contributed by atoms with E-state index in [-0.39, 0.29) is 11.7 Å². The van der Waals surface area contributed by atoms with Crippen molar-refractivity contribution in [2.75, 3.05) is 26.2 Å². The molecular weight excluding hydrogens is 271 g/mol. The van der Waals surface area contributed by atoms with Crippen LogP contribution >= 0.6 is 0 Å². The predicted octanol–water partition coefficient (Wildman–Crippen LogP) is 0.960. The number of nitrogens with one attached hydrogen (secondary N) is 1. The number of hydrogen-bond acceptors (Lipinski definition) is 2. The van der Waals surface area contributed by atoms with Gasteiger partial charge in [-0.05, 0) is 18.2 Å². The lowest BCUT2D eigenvalue weighted by Gasteiger charge is -2.31. The largest absolute Gasteiger partial charge is 0.459 e. The normalized spacial score (nSPS) is 16.1. The quantitative estimate of drug-likeness (QED) is 0.914. The molecule has 1 aliphatic heterocycles. The fourth-order valence-electron chi connectivity index (χ4n) is 2.67. The van der Waals surface area contributed by atoms with E-state index in [4.69, 9.17) is 4.42 Å². The summed E-state index contributed by atoms with van der Waals surface area (Å²) in [5, 5.41) is 0. The van der Waals surface area contributed by atoms with E-state index in [1.165, 1.54) is 17.2 Å². The highest BCUT2D eigenvalue weighted by atomic mass is 19.1. The Kier molecular flexibility index (Phi) is 4.01. The first-order valence-corrected chi connectivity index (χ1v) is 7.14. The van der Waals surface area contributed by atoms with Crippen LogP contribution in [0.1, 0.15) is 16.1 Å². The zero-order valence-electron chi connectivity index (χ0n) is 11.7. The van der Waals surface area contributed by atoms with Gasteiger partial charge >= 0.3 is 0 Å². The van der Waals surface area contributed by atoms with Gasteiger partial charge in [-0.2, -0.15) is 0 Å². The third-order valence-corrected chi connectivity index (χ3v) is 3.89. The Morgan fingerprint density at radius 3 is 2.62 bits per heavy atom. The van der Waals surface area contributed by atoms with E-state index in [2.05, 4.69) is 0 Å². The first kappa shape index (κ1) is 13.8. The topological polar surface area (TPSA) is 37.9 Å². The number of carbonyl (C=O) groups excluding carboxylic acids is 1. The van der Waals surface area contributed by atoms with Crippen molar-refractivity contribution < 1.29 is 18.5 Å². The molecule has 21 heavy (non-hydrogen) atoms. The lowest BCUT2D eigenvalue weighted by molar-refractivity contribution is -0.917. The van der Waals surface area contributed by atoms with Crippen LogP contribution in [0.15, 0.2) is 47.1 Å². The smallest absolute Gasteiger partial charge is 0.289 e. The number of rotatable bonds is 3. The summed E-state index contributed by atoms with van der Waals surface area (Å²) < 4.78 is 18.8. The van der Waals surface area contributed by atoms with Crippen molar-refractivity contribution in [3.63, 3.8) is 0 Å². The van der Waals surface area contributed by atoms with Gasteiger partial charge in [-0.1, -0.05) is 18.2 Å². The minimum absolute atomic E-state index is 0.0649. The monoisotopic (exact) mass is 289 g/mol. The summed E-state index contributed by atoms with van der Waals surface area (Å²) in [6.45, 7) is 3.64. The number of nitrogens with zero attached hydrogens (tertiary/aromatic N) is 1. The summed E-state index contributed by atoms with van der Waals surface area (Å²) in [5.41, 5.74) is 0.735. The number of benzene rings is 1. The highest BCUT2D eigenvalue weighted by molar-refractivity contribution is 5.91. The first-order chi connectivity index (χ1) is 10.2. The van der Waals surface area contributed by atoms with E-state index in [0.29, 0.717) is 25.4 Å². The maximum absolute atomic E-state index is 13.6. The van der Waals surface area contributed by atoms with Gasteiger partial charge in [0.05, 0.1) is 32.4 Å². The average molecular weight is 289 g/mol. The molecule has 2 heterocycles. The molecule has 0 atom stereocenters. The summed E-state index contributed by atoms with van der Waals surface area (Å²) in [6.07, 6.45) is 1.51. The molecule has 0 unspecified atom stereocenters. The summed E-state index contributed by atoms with van der Waals surface area (Å²) >= 11 is 0. The van der Waals surface area contributed by atoms with Crippen molar-refractivity contribution in [2.24, 2.45) is 0 Å². The molecule has 1 fully saturated rings. The number of halogens is 1. The maximum Gasteiger partial charge on any atom is 0.289 e. The third kappa shape index (κ3) is 3.13. The first-order valence-electron chi connectivity index (χ1n) is 7.14. The zero-order valence-corrected chi connectivity index (χ0v) is 11.7. The van der Waals surface area contributed by atoms with Gasteiger partial charge in [0.2, 0.25) is 0 Å². The summed E-state index contributed by atoms with van der Waals surface area (Å²) in [5.74, 6) is 0.164. The highest BCUT2D eigenvalue weighted by Gasteiger charge is 2.26. The summed E-state index contributed by atoms with van der Waals surface area (Å²) in [4.78, 5) is 15.2. The summed E-state index contributed by atoms with van der Waals surface area (Å²) in [7, 11) is 0. The zero-order chi connectivity index (χ0) is 14.7. The molecule has 0 spiro atoms. The van der Waals surface area contributed by atoms with Crippen molar-refractivity contribution in [1.29, 1.82) is 0 Å². The van der Waals surface area contributed by atoms with Gasteiger partial charge in [0.1, 0.15) is 12.4 Å². The van der Waals surface area contributed by atoms with Crippen LogP contribution in [0.4, 0.5) is 4.39 Å². The van der Waals surface area contributed by atoms with E-state index in [1.807, 2.05) is 12.1 Å². The van der Waals surface area contributed by atoms with Crippen LogP contribution in [0, 0.1) is 5.82 Å². The molecule has 0 saturated carbocycles. The van der Waals surface area contributed by atoms with Crippen LogP contribution in [0.25, 0.3) is 0 Å². The van der Waals surface area contributed by atoms with Gasteiger partial charge in [-0.3, -0.25) is 4.79 Å². The molecule has 1 saturated heterocycles. The SMILES string of the molecule is O=C(c1ccco1)N1CC[NH+](Cc2ccccc2F)CC1. The van der Waals surface area contributed by atoms with E-state index in [9.17, 15) is 9.18 Å². The van der Waals surface area contributed by atoms with Crippen molar-refractivity contribution >= 4 is 5.91 Å². The van der Waals surface area contributed by atoms with Crippen molar-refractivity contribution in [3.05, 3.63) is 59.8 Å². The molecule has 3 rings (SSSR count). The van der Waals surface area contributed by atoms with Crippen LogP contribution in [-0.2, 0) is 6.54 Å². The van der Waals surface area contributed by atoms with Crippen LogP contribution in [-0.4, -0.2) is 37.0 Å². The summed E-state index contributed by atoms with van der Waals surface area (Å²) in [6, 6.07) is 10.3. The second kappa shape index (κ2) is 6.10. The van der Waals surface area contributed by atoms with Crippen LogP contribution < -0.4 is 4.90 Å². The van der Waals surface area contributed by atoms with E-state index >= 15 is 0 Å². The molecule has 5 heteroatoms. The lowest BCUT2D eigenvalue weighted by Crippen LogP contribution is -3.13. The van der Waals surface area contributed by atoms with Gasteiger partial charge in [-0.25, -0.2) is 4.39 Å². The van der Waals surface area contributed by atoms with Gasteiger partial charge in [-0.15, -0.1) is 0 Å². The van der Waals surface area contributed by atoms with E-state index < -0.39 is 0 Å². The Balaban J connectivity index is 1.56. The van der Waals surface area contributed by atoms with Crippen molar-refractivity contribution in [3.8, 4) is 0 Å². The molecule has 110 valence electrons. The minimum Gasteiger partial charge on any atom is -0.459 e.